The number of nitrogens with zero attached hydrogens (tertiary/aromatic N) is 2. The lowest BCUT2D eigenvalue weighted by atomic mass is 10.1. The molecule has 0 unspecified atom stereocenters. The quantitative estimate of drug-likeness (QED) is 0.328. The van der Waals surface area contributed by atoms with Crippen molar-refractivity contribution in [3.8, 4) is 17.1 Å². The molecule has 0 radical (unpaired) electrons. The molecular weight excluding hydrogens is 320 g/mol. The van der Waals surface area contributed by atoms with Gasteiger partial charge in [-0.1, -0.05) is 56.9 Å². The van der Waals surface area contributed by atoms with Gasteiger partial charge < -0.3 is 4.74 Å². The first-order chi connectivity index (χ1) is 12.8. The predicted octanol–water partition coefficient (Wildman–Crippen LogP) is 6.39. The summed E-state index contributed by atoms with van der Waals surface area (Å²) in [6.45, 7) is 5.00. The zero-order valence-corrected chi connectivity index (χ0v) is 16.3. The number of hydrogen-bond acceptors (Lipinski definition) is 3. The van der Waals surface area contributed by atoms with E-state index in [0.717, 1.165) is 36.4 Å². The summed E-state index contributed by atoms with van der Waals surface area (Å²) in [6, 6.07) is 8.03. The van der Waals surface area contributed by atoms with Crippen LogP contribution < -0.4 is 4.74 Å². The predicted molar refractivity (Wildman–Crippen MR) is 109 cm³/mol. The molecule has 0 amide bonds. The van der Waals surface area contributed by atoms with E-state index in [-0.39, 0.29) is 0 Å². The van der Waals surface area contributed by atoms with E-state index in [4.69, 9.17) is 4.74 Å². The van der Waals surface area contributed by atoms with Crippen molar-refractivity contribution < 1.29 is 4.74 Å². The third-order valence-corrected chi connectivity index (χ3v) is 4.41. The van der Waals surface area contributed by atoms with Gasteiger partial charge in [-0.05, 0) is 50.3 Å². The number of hydrogen-bond donors (Lipinski definition) is 0. The first-order valence-corrected chi connectivity index (χ1v) is 9.99. The van der Waals surface area contributed by atoms with E-state index in [1.807, 2.05) is 43.6 Å². The lowest BCUT2D eigenvalue weighted by Crippen LogP contribution is -2.00. The Balaban J connectivity index is 1.91. The molecule has 0 aliphatic heterocycles. The maximum absolute atomic E-state index is 5.96. The molecule has 0 bridgehead atoms. The Morgan fingerprint density at radius 2 is 1.73 bits per heavy atom. The summed E-state index contributed by atoms with van der Waals surface area (Å²) in [4.78, 5) is 9.16. The Hall–Kier alpha value is -2.16. The zero-order chi connectivity index (χ0) is 18.5. The molecule has 0 fully saturated rings. The molecule has 0 atom stereocenters. The van der Waals surface area contributed by atoms with E-state index in [2.05, 4.69) is 29.0 Å². The second-order valence-electron chi connectivity index (χ2n) is 6.64. The van der Waals surface area contributed by atoms with Gasteiger partial charge in [-0.15, -0.1) is 0 Å². The molecule has 0 saturated carbocycles. The van der Waals surface area contributed by atoms with Crippen LogP contribution in [0.3, 0.4) is 0 Å². The smallest absolute Gasteiger partial charge is 0.162 e. The second-order valence-corrected chi connectivity index (χ2v) is 6.64. The highest BCUT2D eigenvalue weighted by Gasteiger charge is 2.08. The van der Waals surface area contributed by atoms with E-state index >= 15 is 0 Å². The molecule has 3 heteroatoms. The molecule has 3 nitrogen and oxygen atoms in total. The van der Waals surface area contributed by atoms with E-state index in [1.165, 1.54) is 37.7 Å². The Labute approximate surface area is 158 Å². The van der Waals surface area contributed by atoms with Gasteiger partial charge in [-0.3, -0.25) is 0 Å². The molecule has 1 aromatic carbocycles. The van der Waals surface area contributed by atoms with Gasteiger partial charge in [0.1, 0.15) is 5.75 Å². The SMILES string of the molecule is CC=CCCCOc1ccccc1-c1ncc(CCCCCCC)cn1. The van der Waals surface area contributed by atoms with Crippen LogP contribution in [0.25, 0.3) is 11.4 Å². The number of allylic oxidation sites excluding steroid dienone is 2. The lowest BCUT2D eigenvalue weighted by molar-refractivity contribution is 0.313. The van der Waals surface area contributed by atoms with Crippen molar-refractivity contribution in [3.63, 3.8) is 0 Å². The van der Waals surface area contributed by atoms with Crippen LogP contribution >= 0.6 is 0 Å². The van der Waals surface area contributed by atoms with Gasteiger partial charge in [0.15, 0.2) is 5.82 Å². The fraction of sp³-hybridized carbons (Fsp3) is 0.478. The van der Waals surface area contributed by atoms with Gasteiger partial charge >= 0.3 is 0 Å². The number of benzene rings is 1. The molecule has 2 rings (SSSR count). The average molecular weight is 353 g/mol. The Morgan fingerprint density at radius 3 is 2.50 bits per heavy atom. The minimum absolute atomic E-state index is 0.706. The molecule has 0 N–H and O–H groups in total. The van der Waals surface area contributed by atoms with Crippen molar-refractivity contribution in [1.29, 1.82) is 0 Å². The first kappa shape index (κ1) is 20.2. The van der Waals surface area contributed by atoms with Gasteiger partial charge in [0.25, 0.3) is 0 Å². The molecule has 0 spiro atoms. The number of aryl methyl sites for hydroxylation is 1. The van der Waals surface area contributed by atoms with Crippen molar-refractivity contribution in [2.45, 2.75) is 65.2 Å². The van der Waals surface area contributed by atoms with Crippen molar-refractivity contribution in [1.82, 2.24) is 9.97 Å². The Morgan fingerprint density at radius 1 is 0.962 bits per heavy atom. The molecule has 140 valence electrons. The fourth-order valence-electron chi connectivity index (χ4n) is 2.88. The van der Waals surface area contributed by atoms with Gasteiger partial charge in [0.05, 0.1) is 12.2 Å². The summed E-state index contributed by atoms with van der Waals surface area (Å²) in [5.74, 6) is 1.60. The molecule has 0 saturated heterocycles. The second kappa shape index (κ2) is 12.2. The van der Waals surface area contributed by atoms with Crippen LogP contribution in [0.4, 0.5) is 0 Å². The third kappa shape index (κ3) is 6.99. The minimum Gasteiger partial charge on any atom is -0.493 e. The number of ether oxygens (including phenoxy) is 1. The summed E-state index contributed by atoms with van der Waals surface area (Å²) in [7, 11) is 0. The highest BCUT2D eigenvalue weighted by molar-refractivity contribution is 5.63. The van der Waals surface area contributed by atoms with Crippen molar-refractivity contribution in [2.24, 2.45) is 0 Å². The fourth-order valence-corrected chi connectivity index (χ4v) is 2.88. The summed E-state index contributed by atoms with van der Waals surface area (Å²) in [5, 5.41) is 0. The van der Waals surface area contributed by atoms with Crippen LogP contribution in [0.1, 0.15) is 64.4 Å². The van der Waals surface area contributed by atoms with E-state index in [0.29, 0.717) is 6.61 Å². The largest absolute Gasteiger partial charge is 0.493 e. The van der Waals surface area contributed by atoms with Crippen molar-refractivity contribution >= 4 is 0 Å². The number of rotatable bonds is 12. The maximum atomic E-state index is 5.96. The third-order valence-electron chi connectivity index (χ3n) is 4.41. The molecule has 2 aromatic rings. The Kier molecular flexibility index (Phi) is 9.48. The lowest BCUT2D eigenvalue weighted by Gasteiger charge is -2.10. The van der Waals surface area contributed by atoms with E-state index in [9.17, 15) is 0 Å². The van der Waals surface area contributed by atoms with Crippen molar-refractivity contribution in [2.75, 3.05) is 6.61 Å². The first-order valence-electron chi connectivity index (χ1n) is 9.99. The highest BCUT2D eigenvalue weighted by Crippen LogP contribution is 2.27. The summed E-state index contributed by atoms with van der Waals surface area (Å²) in [6.07, 6.45) is 17.7. The monoisotopic (exact) mass is 352 g/mol. The van der Waals surface area contributed by atoms with Crippen LogP contribution in [-0.4, -0.2) is 16.6 Å². The molecule has 0 aliphatic carbocycles. The molecule has 0 aliphatic rings. The highest BCUT2D eigenvalue weighted by atomic mass is 16.5. The van der Waals surface area contributed by atoms with Gasteiger partial charge in [0, 0.05) is 12.4 Å². The van der Waals surface area contributed by atoms with Gasteiger partial charge in [-0.25, -0.2) is 9.97 Å². The molecule has 26 heavy (non-hydrogen) atoms. The van der Waals surface area contributed by atoms with E-state index < -0.39 is 0 Å². The summed E-state index contributed by atoms with van der Waals surface area (Å²) < 4.78 is 5.96. The number of unbranched alkanes of at least 4 members (excludes halogenated alkanes) is 5. The van der Waals surface area contributed by atoms with E-state index in [1.54, 1.807) is 0 Å². The average Bonchev–Trinajstić information content (AvgIpc) is 2.69. The maximum Gasteiger partial charge on any atom is 0.162 e. The van der Waals surface area contributed by atoms with Crippen LogP contribution in [0.2, 0.25) is 0 Å². The number of para-hydroxylation sites is 1. The summed E-state index contributed by atoms with van der Waals surface area (Å²) in [5.41, 5.74) is 2.18. The number of aromatic nitrogens is 2. The molecule has 1 heterocycles. The zero-order valence-electron chi connectivity index (χ0n) is 16.3. The Bertz CT molecular complexity index is 650. The molecule has 1 aromatic heterocycles. The van der Waals surface area contributed by atoms with Gasteiger partial charge in [-0.2, -0.15) is 0 Å². The van der Waals surface area contributed by atoms with Gasteiger partial charge in [0.2, 0.25) is 0 Å². The normalized spacial score (nSPS) is 11.2. The standard InChI is InChI=1S/C23H32N2O/c1-3-5-7-9-10-14-20-18-24-23(25-19-20)21-15-11-12-16-22(21)26-17-13-8-6-4-2/h4,6,11-12,15-16,18-19H,3,5,7-10,13-14,17H2,1-2H3. The van der Waals surface area contributed by atoms with Crippen LogP contribution in [0.5, 0.6) is 5.75 Å². The van der Waals surface area contributed by atoms with Crippen LogP contribution in [-0.2, 0) is 6.42 Å². The topological polar surface area (TPSA) is 35.0 Å². The van der Waals surface area contributed by atoms with Crippen LogP contribution in [0, 0.1) is 0 Å². The molecular formula is C23H32N2O. The summed E-state index contributed by atoms with van der Waals surface area (Å²) >= 11 is 0. The minimum atomic E-state index is 0.706. The van der Waals surface area contributed by atoms with Crippen LogP contribution in [0.15, 0.2) is 48.8 Å². The van der Waals surface area contributed by atoms with Crippen molar-refractivity contribution in [3.05, 3.63) is 54.4 Å².